The molecular weight excluding hydrogens is 360 g/mol. The number of likely N-dealkylation sites (tertiary alicyclic amines) is 1. The van der Waals surface area contributed by atoms with Crippen molar-refractivity contribution in [2.45, 2.75) is 45.1 Å². The Morgan fingerprint density at radius 3 is 2.30 bits per heavy atom. The van der Waals surface area contributed by atoms with Crippen LogP contribution in [0.2, 0.25) is 0 Å². The second-order valence-electron chi connectivity index (χ2n) is 6.18. The number of hydrogen-bond donors (Lipinski definition) is 0. The smallest absolute Gasteiger partial charge is 0.377 e. The maximum absolute atomic E-state index is 14.3. The predicted octanol–water partition coefficient (Wildman–Crippen LogP) is 3.12. The summed E-state index contributed by atoms with van der Waals surface area (Å²) in [5, 5.41) is 0. The van der Waals surface area contributed by atoms with Gasteiger partial charge in [-0.15, -0.1) is 0 Å². The molecular formula is C19H23F2NO5. The molecule has 148 valence electrons. The molecule has 1 heterocycles. The maximum atomic E-state index is 14.3. The van der Waals surface area contributed by atoms with Crippen molar-refractivity contribution in [3.8, 4) is 0 Å². The van der Waals surface area contributed by atoms with Crippen LogP contribution in [-0.2, 0) is 19.1 Å². The Kier molecular flexibility index (Phi) is 6.87. The van der Waals surface area contributed by atoms with E-state index in [9.17, 15) is 23.2 Å². The van der Waals surface area contributed by atoms with Gasteiger partial charge in [0.05, 0.1) is 24.8 Å². The molecule has 1 atom stereocenters. The number of alkyl halides is 2. The zero-order valence-electron chi connectivity index (χ0n) is 15.4. The second kappa shape index (κ2) is 8.92. The minimum absolute atomic E-state index is 0.157. The minimum atomic E-state index is -3.73. The zero-order valence-corrected chi connectivity index (χ0v) is 15.4. The van der Waals surface area contributed by atoms with E-state index in [1.807, 2.05) is 0 Å². The average molecular weight is 383 g/mol. The monoisotopic (exact) mass is 383 g/mol. The highest BCUT2D eigenvalue weighted by molar-refractivity contribution is 5.89. The number of carbonyl (C=O) groups excluding carboxylic acids is 3. The van der Waals surface area contributed by atoms with E-state index >= 15 is 0 Å². The molecule has 8 heteroatoms. The standard InChI is InChI=1S/C19H23F2NO5/c1-3-26-17(24)14-9-7-13(8-10-14)15(22-11-5-6-16(22)23)12-19(20,21)18(25)27-4-2/h7-10,15H,3-6,11-12H2,1-2H3. The summed E-state index contributed by atoms with van der Waals surface area (Å²) in [4.78, 5) is 36.8. The fourth-order valence-electron chi connectivity index (χ4n) is 3.03. The van der Waals surface area contributed by atoms with E-state index in [4.69, 9.17) is 4.74 Å². The first kappa shape index (κ1) is 20.8. The van der Waals surface area contributed by atoms with Gasteiger partial charge in [-0.1, -0.05) is 12.1 Å². The van der Waals surface area contributed by atoms with Crippen LogP contribution >= 0.6 is 0 Å². The van der Waals surface area contributed by atoms with Gasteiger partial charge in [-0.25, -0.2) is 9.59 Å². The molecule has 0 aliphatic carbocycles. The van der Waals surface area contributed by atoms with Gasteiger partial charge in [0, 0.05) is 19.4 Å². The molecule has 1 aliphatic heterocycles. The Labute approximate surface area is 156 Å². The summed E-state index contributed by atoms with van der Waals surface area (Å²) in [6.45, 7) is 3.53. The van der Waals surface area contributed by atoms with E-state index in [1.165, 1.54) is 36.1 Å². The lowest BCUT2D eigenvalue weighted by Crippen LogP contribution is -2.39. The molecule has 0 bridgehead atoms. The van der Waals surface area contributed by atoms with E-state index in [-0.39, 0.29) is 31.1 Å². The molecule has 1 fully saturated rings. The molecule has 27 heavy (non-hydrogen) atoms. The summed E-state index contributed by atoms with van der Waals surface area (Å²) < 4.78 is 38.0. The number of esters is 2. The highest BCUT2D eigenvalue weighted by Gasteiger charge is 2.45. The third kappa shape index (κ3) is 5.02. The molecule has 0 spiro atoms. The number of ether oxygens (including phenoxy) is 2. The van der Waals surface area contributed by atoms with Crippen LogP contribution in [0.15, 0.2) is 24.3 Å². The van der Waals surface area contributed by atoms with Crippen molar-refractivity contribution in [1.82, 2.24) is 4.90 Å². The Morgan fingerprint density at radius 1 is 1.15 bits per heavy atom. The lowest BCUT2D eigenvalue weighted by molar-refractivity contribution is -0.175. The van der Waals surface area contributed by atoms with Crippen LogP contribution in [0.3, 0.4) is 0 Å². The van der Waals surface area contributed by atoms with Crippen molar-refractivity contribution in [2.24, 2.45) is 0 Å². The van der Waals surface area contributed by atoms with Crippen LogP contribution in [0.1, 0.15) is 55.1 Å². The van der Waals surface area contributed by atoms with Gasteiger partial charge in [0.1, 0.15) is 0 Å². The van der Waals surface area contributed by atoms with Gasteiger partial charge in [0.15, 0.2) is 0 Å². The maximum Gasteiger partial charge on any atom is 0.377 e. The van der Waals surface area contributed by atoms with Crippen LogP contribution < -0.4 is 0 Å². The summed E-state index contributed by atoms with van der Waals surface area (Å²) in [5.74, 6) is -6.10. The molecule has 0 radical (unpaired) electrons. The SMILES string of the molecule is CCOC(=O)c1ccc(C(CC(F)(F)C(=O)OCC)N2CCCC2=O)cc1. The third-order valence-electron chi connectivity index (χ3n) is 4.32. The van der Waals surface area contributed by atoms with Gasteiger partial charge in [-0.05, 0) is 38.0 Å². The quantitative estimate of drug-likeness (QED) is 0.645. The van der Waals surface area contributed by atoms with E-state index in [0.29, 0.717) is 18.5 Å². The van der Waals surface area contributed by atoms with Gasteiger partial charge >= 0.3 is 17.9 Å². The summed E-state index contributed by atoms with van der Waals surface area (Å²) in [6.07, 6.45) is -0.0278. The first-order valence-corrected chi connectivity index (χ1v) is 8.91. The first-order valence-electron chi connectivity index (χ1n) is 8.91. The fourth-order valence-corrected chi connectivity index (χ4v) is 3.03. The first-order chi connectivity index (χ1) is 12.8. The summed E-state index contributed by atoms with van der Waals surface area (Å²) >= 11 is 0. The van der Waals surface area contributed by atoms with Crippen LogP contribution in [-0.4, -0.2) is 48.4 Å². The molecule has 1 amide bonds. The van der Waals surface area contributed by atoms with E-state index in [0.717, 1.165) is 0 Å². The largest absolute Gasteiger partial charge is 0.462 e. The molecule has 0 saturated carbocycles. The molecule has 1 saturated heterocycles. The summed E-state index contributed by atoms with van der Waals surface area (Å²) in [5.41, 5.74) is 0.700. The Balaban J connectivity index is 2.29. The van der Waals surface area contributed by atoms with Gasteiger partial charge in [-0.3, -0.25) is 4.79 Å². The zero-order chi connectivity index (χ0) is 20.0. The molecule has 1 unspecified atom stereocenters. The van der Waals surface area contributed by atoms with Crippen LogP contribution in [0.5, 0.6) is 0 Å². The van der Waals surface area contributed by atoms with Gasteiger partial charge in [-0.2, -0.15) is 8.78 Å². The highest BCUT2D eigenvalue weighted by Crippen LogP contribution is 2.36. The molecule has 1 aromatic rings. The van der Waals surface area contributed by atoms with Gasteiger partial charge in [0.25, 0.3) is 0 Å². The molecule has 0 aromatic heterocycles. The van der Waals surface area contributed by atoms with Gasteiger partial charge in [0.2, 0.25) is 5.91 Å². The molecule has 1 aromatic carbocycles. The number of halogens is 2. The number of hydrogen-bond acceptors (Lipinski definition) is 5. The van der Waals surface area contributed by atoms with Crippen molar-refractivity contribution in [2.75, 3.05) is 19.8 Å². The fraction of sp³-hybridized carbons (Fsp3) is 0.526. The molecule has 6 nitrogen and oxygen atoms in total. The highest BCUT2D eigenvalue weighted by atomic mass is 19.3. The minimum Gasteiger partial charge on any atom is -0.462 e. The lowest BCUT2D eigenvalue weighted by atomic mass is 9.97. The number of benzene rings is 1. The normalized spacial score (nSPS) is 15.6. The van der Waals surface area contributed by atoms with Crippen molar-refractivity contribution in [3.05, 3.63) is 35.4 Å². The number of nitrogens with zero attached hydrogens (tertiary/aromatic N) is 1. The van der Waals surface area contributed by atoms with Crippen molar-refractivity contribution >= 4 is 17.8 Å². The van der Waals surface area contributed by atoms with Gasteiger partial charge < -0.3 is 14.4 Å². The van der Waals surface area contributed by atoms with E-state index < -0.39 is 30.3 Å². The molecule has 0 N–H and O–H groups in total. The Bertz CT molecular complexity index is 690. The molecule has 2 rings (SSSR count). The average Bonchev–Trinajstić information content (AvgIpc) is 3.06. The number of amides is 1. The number of carbonyl (C=O) groups is 3. The Morgan fingerprint density at radius 2 is 1.78 bits per heavy atom. The predicted molar refractivity (Wildman–Crippen MR) is 92.3 cm³/mol. The van der Waals surface area contributed by atoms with E-state index in [1.54, 1.807) is 6.92 Å². The lowest BCUT2D eigenvalue weighted by Gasteiger charge is -2.30. The third-order valence-corrected chi connectivity index (χ3v) is 4.32. The van der Waals surface area contributed by atoms with E-state index in [2.05, 4.69) is 4.74 Å². The number of rotatable bonds is 8. The van der Waals surface area contributed by atoms with Crippen LogP contribution in [0.25, 0.3) is 0 Å². The van der Waals surface area contributed by atoms with Crippen LogP contribution in [0, 0.1) is 0 Å². The van der Waals surface area contributed by atoms with Crippen molar-refractivity contribution < 1.29 is 32.6 Å². The van der Waals surface area contributed by atoms with Crippen LogP contribution in [0.4, 0.5) is 8.78 Å². The van der Waals surface area contributed by atoms with Crippen molar-refractivity contribution in [1.29, 1.82) is 0 Å². The molecule has 1 aliphatic rings. The van der Waals surface area contributed by atoms with Crippen molar-refractivity contribution in [3.63, 3.8) is 0 Å². The summed E-state index contributed by atoms with van der Waals surface area (Å²) in [6, 6.07) is 4.94. The summed E-state index contributed by atoms with van der Waals surface area (Å²) in [7, 11) is 0. The second-order valence-corrected chi connectivity index (χ2v) is 6.18. The topological polar surface area (TPSA) is 72.9 Å². The Hall–Kier alpha value is -2.51.